The molecular weight excluding hydrogens is 222 g/mol. The summed E-state index contributed by atoms with van der Waals surface area (Å²) in [6.45, 7) is 0. The Hall–Kier alpha value is 0.0100. The van der Waals surface area contributed by atoms with E-state index in [0.717, 1.165) is 0 Å². The van der Waals surface area contributed by atoms with Gasteiger partial charge in [-0.05, 0) is 54.2 Å². The molecule has 0 amide bonds. The van der Waals surface area contributed by atoms with E-state index < -0.39 is 0 Å². The lowest BCUT2D eigenvalue weighted by atomic mass is 9.70. The standard InChI is InChI=1S/C12H17NS2/c13-10-1-3-12(4-7-14-8-5-12)11-9(10)2-6-15-11/h2,6,10H,1,3-5,7-8,13H2. The predicted molar refractivity (Wildman–Crippen MR) is 68.7 cm³/mol. The number of hydrogen-bond donors (Lipinski definition) is 1. The molecule has 1 nitrogen and oxygen atoms in total. The molecule has 1 aliphatic heterocycles. The molecule has 1 aliphatic carbocycles. The van der Waals surface area contributed by atoms with Crippen molar-refractivity contribution in [1.82, 2.24) is 0 Å². The molecule has 0 bridgehead atoms. The normalized spacial score (nSPS) is 29.0. The molecular formula is C12H17NS2. The number of thioether (sulfide) groups is 1. The summed E-state index contributed by atoms with van der Waals surface area (Å²) in [5.41, 5.74) is 8.16. The van der Waals surface area contributed by atoms with Gasteiger partial charge in [0.25, 0.3) is 0 Å². The Morgan fingerprint density at radius 1 is 1.27 bits per heavy atom. The fraction of sp³-hybridized carbons (Fsp3) is 0.667. The third-order valence-electron chi connectivity index (χ3n) is 3.96. The lowest BCUT2D eigenvalue weighted by molar-refractivity contribution is 0.322. The van der Waals surface area contributed by atoms with Crippen molar-refractivity contribution in [1.29, 1.82) is 0 Å². The molecule has 3 rings (SSSR count). The molecule has 0 radical (unpaired) electrons. The first kappa shape index (κ1) is 10.2. The Bertz CT molecular complexity index is 352. The van der Waals surface area contributed by atoms with E-state index in [9.17, 15) is 0 Å². The molecule has 1 spiro atoms. The smallest absolute Gasteiger partial charge is 0.0306 e. The topological polar surface area (TPSA) is 26.0 Å². The average molecular weight is 239 g/mol. The highest BCUT2D eigenvalue weighted by atomic mass is 32.2. The molecule has 1 fully saturated rings. The van der Waals surface area contributed by atoms with E-state index >= 15 is 0 Å². The van der Waals surface area contributed by atoms with Gasteiger partial charge >= 0.3 is 0 Å². The van der Waals surface area contributed by atoms with Crippen molar-refractivity contribution in [2.24, 2.45) is 5.73 Å². The van der Waals surface area contributed by atoms with Gasteiger partial charge in [-0.15, -0.1) is 11.3 Å². The summed E-state index contributed by atoms with van der Waals surface area (Å²) in [6.07, 6.45) is 5.26. The van der Waals surface area contributed by atoms with Crippen molar-refractivity contribution in [2.75, 3.05) is 11.5 Å². The third kappa shape index (κ3) is 1.56. The van der Waals surface area contributed by atoms with Crippen molar-refractivity contribution in [3.8, 4) is 0 Å². The van der Waals surface area contributed by atoms with Gasteiger partial charge in [-0.1, -0.05) is 0 Å². The van der Waals surface area contributed by atoms with Gasteiger partial charge in [0.2, 0.25) is 0 Å². The zero-order chi connectivity index (χ0) is 10.3. The second kappa shape index (κ2) is 3.79. The highest BCUT2D eigenvalue weighted by molar-refractivity contribution is 7.99. The van der Waals surface area contributed by atoms with Crippen LogP contribution < -0.4 is 5.73 Å². The minimum Gasteiger partial charge on any atom is -0.324 e. The van der Waals surface area contributed by atoms with E-state index in [0.29, 0.717) is 11.5 Å². The van der Waals surface area contributed by atoms with Crippen molar-refractivity contribution < 1.29 is 0 Å². The maximum atomic E-state index is 6.18. The number of rotatable bonds is 0. The average Bonchev–Trinajstić information content (AvgIpc) is 2.76. The van der Waals surface area contributed by atoms with Crippen molar-refractivity contribution >= 4 is 23.1 Å². The summed E-state index contributed by atoms with van der Waals surface area (Å²) in [6, 6.07) is 2.57. The largest absolute Gasteiger partial charge is 0.324 e. The first-order valence-electron chi connectivity index (χ1n) is 5.73. The molecule has 1 atom stereocenters. The van der Waals surface area contributed by atoms with Crippen LogP contribution in [0.15, 0.2) is 11.4 Å². The zero-order valence-electron chi connectivity index (χ0n) is 8.87. The number of fused-ring (bicyclic) bond motifs is 2. The van der Waals surface area contributed by atoms with Crippen LogP contribution in [-0.4, -0.2) is 11.5 Å². The Morgan fingerprint density at radius 3 is 2.87 bits per heavy atom. The molecule has 2 N–H and O–H groups in total. The summed E-state index contributed by atoms with van der Waals surface area (Å²) in [7, 11) is 0. The van der Waals surface area contributed by atoms with E-state index in [-0.39, 0.29) is 0 Å². The third-order valence-corrected chi connectivity index (χ3v) is 6.12. The van der Waals surface area contributed by atoms with Gasteiger partial charge in [0.05, 0.1) is 0 Å². The van der Waals surface area contributed by atoms with Crippen LogP contribution in [0.4, 0.5) is 0 Å². The predicted octanol–water partition coefficient (Wildman–Crippen LogP) is 3.31. The minimum absolute atomic E-state index is 0.312. The lowest BCUT2D eigenvalue weighted by Crippen LogP contribution is -2.36. The van der Waals surface area contributed by atoms with Crippen LogP contribution in [0.3, 0.4) is 0 Å². The summed E-state index contributed by atoms with van der Waals surface area (Å²) < 4.78 is 0. The summed E-state index contributed by atoms with van der Waals surface area (Å²) in [4.78, 5) is 1.63. The van der Waals surface area contributed by atoms with Gasteiger partial charge in [0.15, 0.2) is 0 Å². The van der Waals surface area contributed by atoms with Gasteiger partial charge in [-0.25, -0.2) is 0 Å². The second-order valence-corrected chi connectivity index (χ2v) is 6.88. The van der Waals surface area contributed by atoms with Gasteiger partial charge in [0, 0.05) is 16.3 Å². The molecule has 2 heterocycles. The SMILES string of the molecule is NC1CCC2(CCSCC2)c2sccc21. The van der Waals surface area contributed by atoms with Crippen LogP contribution in [0, 0.1) is 0 Å². The minimum atomic E-state index is 0.312. The zero-order valence-corrected chi connectivity index (χ0v) is 10.5. The summed E-state index contributed by atoms with van der Waals surface area (Å²) in [5.74, 6) is 2.68. The van der Waals surface area contributed by atoms with E-state index in [1.54, 1.807) is 4.88 Å². The fourth-order valence-electron chi connectivity index (χ4n) is 2.98. The van der Waals surface area contributed by atoms with Gasteiger partial charge in [-0.2, -0.15) is 11.8 Å². The van der Waals surface area contributed by atoms with Crippen molar-refractivity contribution in [2.45, 2.75) is 37.1 Å². The maximum absolute atomic E-state index is 6.18. The van der Waals surface area contributed by atoms with E-state index in [4.69, 9.17) is 5.73 Å². The van der Waals surface area contributed by atoms with Crippen LogP contribution in [0.1, 0.15) is 42.2 Å². The first-order valence-corrected chi connectivity index (χ1v) is 7.76. The monoisotopic (exact) mass is 239 g/mol. The Labute approximate surface area is 99.4 Å². The second-order valence-electron chi connectivity index (χ2n) is 4.74. The van der Waals surface area contributed by atoms with Crippen LogP contribution in [0.5, 0.6) is 0 Å². The quantitative estimate of drug-likeness (QED) is 0.751. The lowest BCUT2D eigenvalue weighted by Gasteiger charge is -2.41. The van der Waals surface area contributed by atoms with E-state index in [2.05, 4.69) is 23.2 Å². The summed E-state index contributed by atoms with van der Waals surface area (Å²) >= 11 is 4.06. The van der Waals surface area contributed by atoms with Crippen molar-refractivity contribution in [3.63, 3.8) is 0 Å². The van der Waals surface area contributed by atoms with Crippen LogP contribution >= 0.6 is 23.1 Å². The van der Waals surface area contributed by atoms with Crippen LogP contribution in [-0.2, 0) is 5.41 Å². The molecule has 0 aromatic carbocycles. The molecule has 1 saturated heterocycles. The molecule has 1 unspecified atom stereocenters. The molecule has 3 heteroatoms. The van der Waals surface area contributed by atoms with Crippen LogP contribution in [0.25, 0.3) is 0 Å². The van der Waals surface area contributed by atoms with E-state index in [1.807, 2.05) is 11.3 Å². The van der Waals surface area contributed by atoms with Gasteiger partial charge in [-0.3, -0.25) is 0 Å². The summed E-state index contributed by atoms with van der Waals surface area (Å²) in [5, 5.41) is 2.24. The Kier molecular flexibility index (Phi) is 2.57. The number of thiophene rings is 1. The number of hydrogen-bond acceptors (Lipinski definition) is 3. The Morgan fingerprint density at radius 2 is 2.07 bits per heavy atom. The number of nitrogens with two attached hydrogens (primary N) is 1. The maximum Gasteiger partial charge on any atom is 0.0306 e. The fourth-order valence-corrected chi connectivity index (χ4v) is 5.52. The first-order chi connectivity index (χ1) is 7.32. The van der Waals surface area contributed by atoms with Gasteiger partial charge < -0.3 is 5.73 Å². The molecule has 0 saturated carbocycles. The van der Waals surface area contributed by atoms with Crippen LogP contribution in [0.2, 0.25) is 0 Å². The molecule has 15 heavy (non-hydrogen) atoms. The molecule has 82 valence electrons. The van der Waals surface area contributed by atoms with Crippen molar-refractivity contribution in [3.05, 3.63) is 21.9 Å². The highest BCUT2D eigenvalue weighted by Gasteiger charge is 2.40. The molecule has 2 aliphatic rings. The molecule has 1 aromatic heterocycles. The van der Waals surface area contributed by atoms with E-state index in [1.165, 1.54) is 42.8 Å². The molecule has 1 aromatic rings. The highest BCUT2D eigenvalue weighted by Crippen LogP contribution is 2.50. The van der Waals surface area contributed by atoms with Gasteiger partial charge in [0.1, 0.15) is 0 Å². The Balaban J connectivity index is 2.02.